The van der Waals surface area contributed by atoms with Crippen LogP contribution in [-0.4, -0.2) is 53.7 Å². The van der Waals surface area contributed by atoms with Crippen molar-refractivity contribution in [2.24, 2.45) is 5.92 Å². The van der Waals surface area contributed by atoms with E-state index in [2.05, 4.69) is 29.6 Å². The van der Waals surface area contributed by atoms with E-state index >= 15 is 0 Å². The molecule has 2 N–H and O–H groups in total. The van der Waals surface area contributed by atoms with Gasteiger partial charge in [-0.1, -0.05) is 48.5 Å². The number of nitrogens with one attached hydrogen (secondary N) is 1. The molecule has 7 nitrogen and oxygen atoms in total. The normalized spacial score (nSPS) is 18.8. The summed E-state index contributed by atoms with van der Waals surface area (Å²) in [4.78, 5) is 37.2. The Labute approximate surface area is 187 Å². The van der Waals surface area contributed by atoms with Crippen molar-refractivity contribution in [3.05, 3.63) is 59.7 Å². The van der Waals surface area contributed by atoms with E-state index in [-0.39, 0.29) is 43.4 Å². The minimum atomic E-state index is -0.917. The van der Waals surface area contributed by atoms with Crippen LogP contribution in [0.25, 0.3) is 11.1 Å². The molecule has 2 aromatic rings. The molecule has 168 valence electrons. The minimum absolute atomic E-state index is 0.0104. The molecule has 1 fully saturated rings. The number of carboxylic acids is 1. The van der Waals surface area contributed by atoms with Gasteiger partial charge in [-0.2, -0.15) is 0 Å². The first-order valence-corrected chi connectivity index (χ1v) is 11.1. The van der Waals surface area contributed by atoms with Crippen molar-refractivity contribution in [2.75, 3.05) is 19.7 Å². The van der Waals surface area contributed by atoms with Gasteiger partial charge in [-0.15, -0.1) is 0 Å². The number of carbonyl (C=O) groups is 3. The first kappa shape index (κ1) is 21.9. The molecule has 2 aromatic carbocycles. The smallest absolute Gasteiger partial charge is 0.407 e. The number of benzene rings is 2. The van der Waals surface area contributed by atoms with Gasteiger partial charge in [-0.05, 0) is 42.0 Å². The SMILES string of the molecule is CCN(CCC(=O)O)C(=O)C1CC(NC(=O)OCC2c3ccccc3-c3ccccc32)C1. The van der Waals surface area contributed by atoms with E-state index < -0.39 is 12.1 Å². The Morgan fingerprint density at radius 2 is 1.62 bits per heavy atom. The average Bonchev–Trinajstić information content (AvgIpc) is 3.08. The van der Waals surface area contributed by atoms with Crippen LogP contribution in [0.4, 0.5) is 4.79 Å². The highest BCUT2D eigenvalue weighted by Crippen LogP contribution is 2.44. The van der Waals surface area contributed by atoms with Crippen LogP contribution in [0.5, 0.6) is 0 Å². The number of aliphatic carboxylic acids is 1. The average molecular weight is 437 g/mol. The van der Waals surface area contributed by atoms with Gasteiger partial charge in [0.1, 0.15) is 6.61 Å². The van der Waals surface area contributed by atoms with Gasteiger partial charge >= 0.3 is 12.1 Å². The highest BCUT2D eigenvalue weighted by atomic mass is 16.5. The van der Waals surface area contributed by atoms with E-state index in [1.807, 2.05) is 31.2 Å². The second-order valence-electron chi connectivity index (χ2n) is 8.40. The third kappa shape index (κ3) is 4.47. The van der Waals surface area contributed by atoms with Crippen LogP contribution < -0.4 is 5.32 Å². The van der Waals surface area contributed by atoms with Crippen molar-refractivity contribution in [2.45, 2.75) is 38.1 Å². The van der Waals surface area contributed by atoms with Crippen LogP contribution in [0.15, 0.2) is 48.5 Å². The van der Waals surface area contributed by atoms with Crippen molar-refractivity contribution < 1.29 is 24.2 Å². The summed E-state index contributed by atoms with van der Waals surface area (Å²) in [7, 11) is 0. The van der Waals surface area contributed by atoms with E-state index in [0.717, 1.165) is 11.1 Å². The molecule has 1 saturated carbocycles. The van der Waals surface area contributed by atoms with E-state index in [9.17, 15) is 14.4 Å². The molecular weight excluding hydrogens is 408 g/mol. The Kier molecular flexibility index (Phi) is 6.44. The Morgan fingerprint density at radius 1 is 1.03 bits per heavy atom. The van der Waals surface area contributed by atoms with Gasteiger partial charge < -0.3 is 20.1 Å². The van der Waals surface area contributed by atoms with Gasteiger partial charge in [-0.3, -0.25) is 9.59 Å². The van der Waals surface area contributed by atoms with Crippen molar-refractivity contribution in [1.29, 1.82) is 0 Å². The van der Waals surface area contributed by atoms with Crippen molar-refractivity contribution >= 4 is 18.0 Å². The van der Waals surface area contributed by atoms with Crippen molar-refractivity contribution in [3.8, 4) is 11.1 Å². The standard InChI is InChI=1S/C25H28N2O5/c1-2-27(12-11-23(28)29)24(30)16-13-17(14-16)26-25(31)32-15-22-20-9-5-3-7-18(20)19-8-4-6-10-21(19)22/h3-10,16-17,22H,2,11-15H2,1H3,(H,26,31)(H,28,29). The number of alkyl carbamates (subject to hydrolysis) is 1. The third-order valence-electron chi connectivity index (χ3n) is 6.44. The number of hydrogen-bond acceptors (Lipinski definition) is 4. The van der Waals surface area contributed by atoms with Crippen LogP contribution in [0.2, 0.25) is 0 Å². The second-order valence-corrected chi connectivity index (χ2v) is 8.40. The topological polar surface area (TPSA) is 95.9 Å². The first-order chi connectivity index (χ1) is 15.5. The predicted molar refractivity (Wildman–Crippen MR) is 119 cm³/mol. The molecule has 0 spiro atoms. The van der Waals surface area contributed by atoms with Gasteiger partial charge in [0, 0.05) is 31.0 Å². The molecule has 4 rings (SSSR count). The van der Waals surface area contributed by atoms with Gasteiger partial charge in [0.25, 0.3) is 0 Å². The summed E-state index contributed by atoms with van der Waals surface area (Å²) < 4.78 is 5.56. The number of hydrogen-bond donors (Lipinski definition) is 2. The zero-order chi connectivity index (χ0) is 22.7. The third-order valence-corrected chi connectivity index (χ3v) is 6.44. The van der Waals surface area contributed by atoms with Gasteiger partial charge in [0.15, 0.2) is 0 Å². The molecule has 0 saturated heterocycles. The monoisotopic (exact) mass is 436 g/mol. The Balaban J connectivity index is 1.26. The fourth-order valence-electron chi connectivity index (χ4n) is 4.66. The largest absolute Gasteiger partial charge is 0.481 e. The molecule has 2 aliphatic rings. The van der Waals surface area contributed by atoms with E-state index in [0.29, 0.717) is 19.4 Å². The zero-order valence-corrected chi connectivity index (χ0v) is 18.1. The summed E-state index contributed by atoms with van der Waals surface area (Å²) in [6, 6.07) is 16.3. The molecule has 2 aliphatic carbocycles. The molecule has 2 amide bonds. The second kappa shape index (κ2) is 9.42. The number of carbonyl (C=O) groups excluding carboxylic acids is 2. The maximum atomic E-state index is 12.5. The lowest BCUT2D eigenvalue weighted by Gasteiger charge is -2.37. The quantitative estimate of drug-likeness (QED) is 0.659. The summed E-state index contributed by atoms with van der Waals surface area (Å²) >= 11 is 0. The zero-order valence-electron chi connectivity index (χ0n) is 18.1. The predicted octanol–water partition coefficient (Wildman–Crippen LogP) is 3.63. The van der Waals surface area contributed by atoms with Crippen LogP contribution in [0.3, 0.4) is 0 Å². The molecule has 0 aliphatic heterocycles. The maximum absolute atomic E-state index is 12.5. The number of nitrogens with zero attached hydrogens (tertiary/aromatic N) is 1. The molecule has 0 bridgehead atoms. The Morgan fingerprint density at radius 3 is 2.19 bits per heavy atom. The molecule has 32 heavy (non-hydrogen) atoms. The van der Waals surface area contributed by atoms with Gasteiger partial charge in [0.05, 0.1) is 6.42 Å². The summed E-state index contributed by atoms with van der Waals surface area (Å²) in [5.41, 5.74) is 4.69. The fraction of sp³-hybridized carbons (Fsp3) is 0.400. The van der Waals surface area contributed by atoms with Crippen molar-refractivity contribution in [3.63, 3.8) is 0 Å². The number of carboxylic acid groups (broad SMARTS) is 1. The van der Waals surface area contributed by atoms with Crippen molar-refractivity contribution in [1.82, 2.24) is 10.2 Å². The lowest BCUT2D eigenvalue weighted by Crippen LogP contribution is -2.50. The minimum Gasteiger partial charge on any atom is -0.481 e. The van der Waals surface area contributed by atoms with E-state index in [1.54, 1.807) is 4.90 Å². The first-order valence-electron chi connectivity index (χ1n) is 11.1. The van der Waals surface area contributed by atoms with E-state index in [4.69, 9.17) is 9.84 Å². The summed E-state index contributed by atoms with van der Waals surface area (Å²) in [5, 5.41) is 11.7. The van der Waals surface area contributed by atoms with Gasteiger partial charge in [0.2, 0.25) is 5.91 Å². The molecule has 0 radical (unpaired) electrons. The van der Waals surface area contributed by atoms with E-state index in [1.165, 1.54) is 11.1 Å². The molecule has 0 aromatic heterocycles. The van der Waals surface area contributed by atoms with Crippen LogP contribution in [-0.2, 0) is 14.3 Å². The number of rotatable bonds is 8. The number of ether oxygens (including phenoxy) is 1. The van der Waals surface area contributed by atoms with Crippen LogP contribution >= 0.6 is 0 Å². The maximum Gasteiger partial charge on any atom is 0.407 e. The Hall–Kier alpha value is -3.35. The van der Waals surface area contributed by atoms with Crippen LogP contribution in [0.1, 0.15) is 43.2 Å². The number of fused-ring (bicyclic) bond motifs is 3. The molecule has 7 heteroatoms. The molecular formula is C25H28N2O5. The molecule has 0 heterocycles. The lowest BCUT2D eigenvalue weighted by molar-refractivity contribution is -0.141. The fourth-order valence-corrected chi connectivity index (χ4v) is 4.66. The summed E-state index contributed by atoms with van der Waals surface area (Å²) in [6.45, 7) is 2.79. The molecule has 0 atom stereocenters. The Bertz CT molecular complexity index is 969. The summed E-state index contributed by atoms with van der Waals surface area (Å²) in [5.74, 6) is -1.13. The molecule has 0 unspecified atom stereocenters. The van der Waals surface area contributed by atoms with Gasteiger partial charge in [-0.25, -0.2) is 4.79 Å². The highest BCUT2D eigenvalue weighted by Gasteiger charge is 2.38. The summed E-state index contributed by atoms with van der Waals surface area (Å²) in [6.07, 6.45) is 0.563. The number of amides is 2. The van der Waals surface area contributed by atoms with Crippen LogP contribution in [0, 0.1) is 5.92 Å². The lowest BCUT2D eigenvalue weighted by atomic mass is 9.79. The highest BCUT2D eigenvalue weighted by molar-refractivity contribution is 5.81.